The van der Waals surface area contributed by atoms with Crippen LogP contribution in [-0.4, -0.2) is 64.2 Å². The van der Waals surface area contributed by atoms with Crippen molar-refractivity contribution in [2.45, 2.75) is 76.2 Å². The molecule has 39 heavy (non-hydrogen) atoms. The minimum Gasteiger partial charge on any atom is -0.455 e. The van der Waals surface area contributed by atoms with Crippen LogP contribution in [0.25, 0.3) is 6.08 Å². The minimum atomic E-state index is -1.35. The second kappa shape index (κ2) is 10.3. The molecule has 3 aliphatic rings. The van der Waals surface area contributed by atoms with Crippen LogP contribution >= 0.6 is 0 Å². The van der Waals surface area contributed by atoms with Gasteiger partial charge in [0.2, 0.25) is 0 Å². The van der Waals surface area contributed by atoms with E-state index >= 15 is 0 Å². The third-order valence-corrected chi connectivity index (χ3v) is 9.49. The summed E-state index contributed by atoms with van der Waals surface area (Å²) in [5.41, 5.74) is -1.25. The van der Waals surface area contributed by atoms with Crippen LogP contribution in [0.3, 0.4) is 0 Å². The maximum Gasteiger partial charge on any atom is 0.338 e. The summed E-state index contributed by atoms with van der Waals surface area (Å²) in [4.78, 5) is 26.1. The zero-order valence-electron chi connectivity index (χ0n) is 22.9. The molecule has 2 aromatic carbocycles. The van der Waals surface area contributed by atoms with Crippen LogP contribution in [0.1, 0.15) is 56.5 Å². The monoisotopic (exact) mass is 534 g/mol. The molecule has 8 unspecified atom stereocenters. The highest BCUT2D eigenvalue weighted by Gasteiger charge is 2.76. The van der Waals surface area contributed by atoms with Gasteiger partial charge in [-0.2, -0.15) is 0 Å². The van der Waals surface area contributed by atoms with Crippen LogP contribution < -0.4 is 0 Å². The van der Waals surface area contributed by atoms with E-state index < -0.39 is 52.9 Å². The first-order valence-electron chi connectivity index (χ1n) is 13.7. The normalized spacial score (nSPS) is 36.9. The molecule has 8 atom stereocenters. The van der Waals surface area contributed by atoms with Gasteiger partial charge in [-0.15, -0.1) is 0 Å². The number of hydrogen-bond acceptors (Lipinski definition) is 7. The van der Waals surface area contributed by atoms with Crippen molar-refractivity contribution in [2.24, 2.45) is 17.3 Å². The highest BCUT2D eigenvalue weighted by atomic mass is 16.6. The van der Waals surface area contributed by atoms with Gasteiger partial charge in [0.15, 0.2) is 5.78 Å². The Kier molecular flexibility index (Phi) is 7.31. The summed E-state index contributed by atoms with van der Waals surface area (Å²) in [6.45, 7) is 7.67. The predicted octanol–water partition coefficient (Wildman–Crippen LogP) is 4.22. The molecule has 0 amide bonds. The van der Waals surface area contributed by atoms with Crippen molar-refractivity contribution in [2.75, 3.05) is 6.61 Å². The van der Waals surface area contributed by atoms with Crippen LogP contribution in [0.4, 0.5) is 0 Å². The first kappa shape index (κ1) is 27.7. The van der Waals surface area contributed by atoms with Crippen molar-refractivity contribution in [3.63, 3.8) is 0 Å². The fourth-order valence-electron chi connectivity index (χ4n) is 7.15. The molecule has 2 aromatic rings. The molecule has 1 aliphatic heterocycles. The number of benzene rings is 2. The Morgan fingerprint density at radius 2 is 1.64 bits per heavy atom. The molecule has 1 saturated heterocycles. The Balaban J connectivity index is 1.47. The van der Waals surface area contributed by atoms with E-state index in [0.29, 0.717) is 18.4 Å². The minimum absolute atomic E-state index is 0.0981. The highest BCUT2D eigenvalue weighted by molar-refractivity contribution is 5.94. The highest BCUT2D eigenvalue weighted by Crippen LogP contribution is 2.66. The summed E-state index contributed by atoms with van der Waals surface area (Å²) in [6.07, 6.45) is 0.233. The van der Waals surface area contributed by atoms with Gasteiger partial charge in [-0.3, -0.25) is 4.79 Å². The van der Waals surface area contributed by atoms with E-state index in [1.54, 1.807) is 36.4 Å². The van der Waals surface area contributed by atoms with Gasteiger partial charge >= 0.3 is 5.97 Å². The molecule has 1 spiro atoms. The van der Waals surface area contributed by atoms with Crippen molar-refractivity contribution in [3.05, 3.63) is 77.9 Å². The first-order valence-corrected chi connectivity index (χ1v) is 13.7. The molecule has 3 fully saturated rings. The lowest BCUT2D eigenvalue weighted by atomic mass is 9.49. The Bertz CT molecular complexity index is 1230. The molecule has 2 saturated carbocycles. The summed E-state index contributed by atoms with van der Waals surface area (Å²) in [6, 6.07) is 18.1. The van der Waals surface area contributed by atoms with E-state index in [1.807, 2.05) is 58.0 Å². The standard InChI is InChI=1S/C32H38O7/c1-20-26(34)27(35)28(38-29(36)22-13-9-6-10-14-22)31(4)25(17-23-18-32(20,31)39-30(23,2)3)37-19-24(33)16-15-21-11-7-5-8-12-21/h5-16,20,23,25-28,34-35H,17-19H2,1-4H3/b16-15+. The molecule has 7 nitrogen and oxygen atoms in total. The molecule has 5 rings (SSSR count). The molecule has 208 valence electrons. The van der Waals surface area contributed by atoms with E-state index in [0.717, 1.165) is 5.56 Å². The quantitative estimate of drug-likeness (QED) is 0.405. The van der Waals surface area contributed by atoms with Crippen molar-refractivity contribution < 1.29 is 34.0 Å². The second-order valence-corrected chi connectivity index (χ2v) is 12.0. The molecule has 2 bridgehead atoms. The lowest BCUT2D eigenvalue weighted by molar-refractivity contribution is -0.305. The SMILES string of the molecule is CC1C(O)C(O)C(OC(=O)c2ccccc2)C2(C)C(OCC(=O)/C=C/c3ccccc3)CC3CC12OC3(C)C. The Morgan fingerprint density at radius 3 is 2.31 bits per heavy atom. The van der Waals surface area contributed by atoms with Gasteiger partial charge in [0, 0.05) is 5.92 Å². The average Bonchev–Trinajstić information content (AvgIpc) is 3.18. The summed E-state index contributed by atoms with van der Waals surface area (Å²) in [7, 11) is 0. The topological polar surface area (TPSA) is 102 Å². The van der Waals surface area contributed by atoms with Crippen molar-refractivity contribution in [3.8, 4) is 0 Å². The molecule has 1 heterocycles. The number of ether oxygens (including phenoxy) is 3. The van der Waals surface area contributed by atoms with Crippen LogP contribution in [0.15, 0.2) is 66.7 Å². The molecule has 2 aliphatic carbocycles. The molecule has 7 heteroatoms. The van der Waals surface area contributed by atoms with Crippen LogP contribution in [-0.2, 0) is 19.0 Å². The van der Waals surface area contributed by atoms with Gasteiger partial charge in [-0.05, 0) is 56.4 Å². The lowest BCUT2D eigenvalue weighted by Crippen LogP contribution is -2.75. The molecular formula is C32H38O7. The van der Waals surface area contributed by atoms with Crippen molar-refractivity contribution in [1.82, 2.24) is 0 Å². The van der Waals surface area contributed by atoms with Gasteiger partial charge in [0.1, 0.15) is 18.8 Å². The van der Waals surface area contributed by atoms with Gasteiger partial charge < -0.3 is 24.4 Å². The van der Waals surface area contributed by atoms with Gasteiger partial charge in [0.25, 0.3) is 0 Å². The fourth-order valence-corrected chi connectivity index (χ4v) is 7.15. The zero-order chi connectivity index (χ0) is 28.0. The number of ketones is 1. The lowest BCUT2D eigenvalue weighted by Gasteiger charge is -2.62. The number of aliphatic hydroxyl groups excluding tert-OH is 2. The molecule has 2 N–H and O–H groups in total. The van der Waals surface area contributed by atoms with Crippen LogP contribution in [0.2, 0.25) is 0 Å². The van der Waals surface area contributed by atoms with Gasteiger partial charge in [-0.1, -0.05) is 68.5 Å². The summed E-state index contributed by atoms with van der Waals surface area (Å²) in [5.74, 6) is -1.16. The third kappa shape index (κ3) is 4.65. The van der Waals surface area contributed by atoms with Crippen LogP contribution in [0, 0.1) is 17.3 Å². The second-order valence-electron chi connectivity index (χ2n) is 12.0. The van der Waals surface area contributed by atoms with Gasteiger partial charge in [-0.25, -0.2) is 4.79 Å². The molecule has 0 aromatic heterocycles. The number of aliphatic hydroxyl groups is 2. The number of fused-ring (bicyclic) bond motifs is 1. The predicted molar refractivity (Wildman–Crippen MR) is 146 cm³/mol. The fraction of sp³-hybridized carbons (Fsp3) is 0.500. The maximum atomic E-state index is 13.2. The number of rotatable bonds is 7. The first-order chi connectivity index (χ1) is 18.5. The molecular weight excluding hydrogens is 496 g/mol. The van der Waals surface area contributed by atoms with E-state index in [9.17, 15) is 19.8 Å². The third-order valence-electron chi connectivity index (χ3n) is 9.49. The number of carbonyl (C=O) groups excluding carboxylic acids is 2. The Morgan fingerprint density at radius 1 is 1.00 bits per heavy atom. The molecule has 0 radical (unpaired) electrons. The maximum absolute atomic E-state index is 13.2. The van der Waals surface area contributed by atoms with Crippen molar-refractivity contribution >= 4 is 17.8 Å². The van der Waals surface area contributed by atoms with E-state index in [4.69, 9.17) is 14.2 Å². The number of hydrogen-bond donors (Lipinski definition) is 2. The largest absolute Gasteiger partial charge is 0.455 e. The number of carbonyl (C=O) groups is 2. The Hall–Kier alpha value is -2.84. The van der Waals surface area contributed by atoms with Gasteiger partial charge in [0.05, 0.1) is 34.4 Å². The summed E-state index contributed by atoms with van der Waals surface area (Å²) in [5, 5.41) is 22.5. The summed E-state index contributed by atoms with van der Waals surface area (Å²) < 4.78 is 19.2. The average molecular weight is 535 g/mol. The van der Waals surface area contributed by atoms with Crippen molar-refractivity contribution in [1.29, 1.82) is 0 Å². The smallest absolute Gasteiger partial charge is 0.338 e. The van der Waals surface area contributed by atoms with E-state index in [1.165, 1.54) is 6.08 Å². The van der Waals surface area contributed by atoms with Crippen LogP contribution in [0.5, 0.6) is 0 Å². The Labute approximate surface area is 229 Å². The van der Waals surface area contributed by atoms with E-state index in [2.05, 4.69) is 0 Å². The number of esters is 1. The van der Waals surface area contributed by atoms with E-state index in [-0.39, 0.29) is 18.3 Å². The zero-order valence-corrected chi connectivity index (χ0v) is 22.9. The summed E-state index contributed by atoms with van der Waals surface area (Å²) >= 11 is 0.